The van der Waals surface area contributed by atoms with Crippen LogP contribution in [0, 0.1) is 11.7 Å². The van der Waals surface area contributed by atoms with Crippen molar-refractivity contribution in [1.82, 2.24) is 0 Å². The highest BCUT2D eigenvalue weighted by molar-refractivity contribution is 6.03. The number of amides is 1. The van der Waals surface area contributed by atoms with E-state index in [1.54, 1.807) is 17.0 Å². The second-order valence-electron chi connectivity index (χ2n) is 8.87. The molecule has 2 heterocycles. The maximum Gasteiger partial charge on any atom is 0.235 e. The van der Waals surface area contributed by atoms with Gasteiger partial charge in [-0.15, -0.1) is 0 Å². The lowest BCUT2D eigenvalue weighted by atomic mass is 9.78. The van der Waals surface area contributed by atoms with Crippen LogP contribution in [-0.2, 0) is 20.9 Å². The molecule has 3 aromatic rings. The molecule has 33 heavy (non-hydrogen) atoms. The first-order valence-corrected chi connectivity index (χ1v) is 11.1. The van der Waals surface area contributed by atoms with Crippen molar-refractivity contribution in [2.75, 3.05) is 11.5 Å². The highest BCUT2D eigenvalue weighted by Crippen LogP contribution is 2.48. The number of hydrogen-bond donors (Lipinski definition) is 0. The molecule has 0 aliphatic carbocycles. The summed E-state index contributed by atoms with van der Waals surface area (Å²) in [6.07, 6.45) is -0.344. The van der Waals surface area contributed by atoms with Crippen LogP contribution in [0.4, 0.5) is 10.1 Å². The molecule has 2 aliphatic heterocycles. The SMILES string of the molecule is CC1(C)OC[C@@H](C2C(=O)N(c3ccc(F)cc3)[C@@H]2c2ccc(OCc3ccccc3)cc2)O1. The van der Waals surface area contributed by atoms with Gasteiger partial charge in [0.2, 0.25) is 5.91 Å². The van der Waals surface area contributed by atoms with E-state index in [4.69, 9.17) is 14.2 Å². The zero-order valence-corrected chi connectivity index (χ0v) is 18.6. The molecule has 3 aromatic carbocycles. The molecular weight excluding hydrogens is 421 g/mol. The maximum atomic E-state index is 13.5. The van der Waals surface area contributed by atoms with Crippen molar-refractivity contribution in [3.8, 4) is 5.75 Å². The van der Waals surface area contributed by atoms with Crippen LogP contribution in [0.25, 0.3) is 0 Å². The third kappa shape index (κ3) is 4.36. The fourth-order valence-electron chi connectivity index (χ4n) is 4.51. The van der Waals surface area contributed by atoms with E-state index in [0.29, 0.717) is 18.9 Å². The minimum absolute atomic E-state index is 0.0534. The van der Waals surface area contributed by atoms with Crippen molar-refractivity contribution in [2.24, 2.45) is 5.92 Å². The first kappa shape index (κ1) is 21.6. The highest BCUT2D eigenvalue weighted by Gasteiger charge is 2.55. The number of rotatable bonds is 6. The van der Waals surface area contributed by atoms with Crippen molar-refractivity contribution in [2.45, 2.75) is 38.4 Å². The van der Waals surface area contributed by atoms with Crippen LogP contribution in [0.5, 0.6) is 5.75 Å². The first-order chi connectivity index (χ1) is 15.9. The number of carbonyl (C=O) groups is 1. The Morgan fingerprint density at radius 2 is 1.70 bits per heavy atom. The van der Waals surface area contributed by atoms with Gasteiger partial charge in [-0.05, 0) is 61.4 Å². The van der Waals surface area contributed by atoms with E-state index in [-0.39, 0.29) is 29.8 Å². The molecule has 0 bridgehead atoms. The van der Waals surface area contributed by atoms with Crippen LogP contribution < -0.4 is 9.64 Å². The molecule has 0 radical (unpaired) electrons. The normalized spacial score (nSPS) is 23.9. The Bertz CT molecular complexity index is 1120. The smallest absolute Gasteiger partial charge is 0.235 e. The largest absolute Gasteiger partial charge is 0.489 e. The topological polar surface area (TPSA) is 48.0 Å². The van der Waals surface area contributed by atoms with E-state index in [0.717, 1.165) is 16.9 Å². The second-order valence-corrected chi connectivity index (χ2v) is 8.87. The van der Waals surface area contributed by atoms with E-state index >= 15 is 0 Å². The summed E-state index contributed by atoms with van der Waals surface area (Å²) in [4.78, 5) is 14.9. The summed E-state index contributed by atoms with van der Waals surface area (Å²) >= 11 is 0. The number of halogens is 1. The molecule has 0 N–H and O–H groups in total. The van der Waals surface area contributed by atoms with Crippen LogP contribution in [0.3, 0.4) is 0 Å². The molecule has 1 unspecified atom stereocenters. The highest BCUT2D eigenvalue weighted by atomic mass is 19.1. The Labute approximate surface area is 192 Å². The van der Waals surface area contributed by atoms with Crippen molar-refractivity contribution in [3.05, 3.63) is 95.8 Å². The minimum Gasteiger partial charge on any atom is -0.489 e. The Kier molecular flexibility index (Phi) is 5.64. The molecule has 2 aliphatic rings. The first-order valence-electron chi connectivity index (χ1n) is 11.1. The van der Waals surface area contributed by atoms with Gasteiger partial charge in [-0.1, -0.05) is 42.5 Å². The molecule has 5 rings (SSSR count). The third-order valence-corrected chi connectivity index (χ3v) is 6.15. The van der Waals surface area contributed by atoms with Gasteiger partial charge in [0.15, 0.2) is 5.79 Å². The number of benzene rings is 3. The quantitative estimate of drug-likeness (QED) is 0.484. The van der Waals surface area contributed by atoms with Crippen LogP contribution in [-0.4, -0.2) is 24.4 Å². The summed E-state index contributed by atoms with van der Waals surface area (Å²) < 4.78 is 31.2. The minimum atomic E-state index is -0.721. The molecular formula is C27H26FNO4. The lowest BCUT2D eigenvalue weighted by molar-refractivity contribution is -0.157. The summed E-state index contributed by atoms with van der Waals surface area (Å²) in [6, 6.07) is 23.5. The molecule has 2 saturated heterocycles. The second kappa shape index (κ2) is 8.61. The lowest BCUT2D eigenvalue weighted by Crippen LogP contribution is -2.60. The van der Waals surface area contributed by atoms with Gasteiger partial charge in [0.1, 0.15) is 18.2 Å². The average molecular weight is 448 g/mol. The van der Waals surface area contributed by atoms with Crippen molar-refractivity contribution in [3.63, 3.8) is 0 Å². The van der Waals surface area contributed by atoms with Gasteiger partial charge in [-0.25, -0.2) is 4.39 Å². The van der Waals surface area contributed by atoms with E-state index in [1.807, 2.05) is 68.4 Å². The molecule has 0 spiro atoms. The molecule has 0 saturated carbocycles. The van der Waals surface area contributed by atoms with Crippen molar-refractivity contribution < 1.29 is 23.4 Å². The Balaban J connectivity index is 1.38. The van der Waals surface area contributed by atoms with Gasteiger partial charge in [-0.3, -0.25) is 4.79 Å². The van der Waals surface area contributed by atoms with E-state index in [2.05, 4.69) is 0 Å². The Morgan fingerprint density at radius 3 is 2.33 bits per heavy atom. The zero-order valence-electron chi connectivity index (χ0n) is 18.6. The molecule has 0 aromatic heterocycles. The van der Waals surface area contributed by atoms with Gasteiger partial charge in [-0.2, -0.15) is 0 Å². The van der Waals surface area contributed by atoms with Crippen LogP contribution in [0.2, 0.25) is 0 Å². The standard InChI is InChI=1S/C27H26FNO4/c1-27(2)32-17-23(33-27)24-25(29(26(24)30)21-12-10-20(28)11-13-21)19-8-14-22(15-9-19)31-16-18-6-4-3-5-7-18/h3-15,23-25H,16-17H2,1-2H3/t23-,24?,25+/m0/s1. The van der Waals surface area contributed by atoms with Gasteiger partial charge in [0.25, 0.3) is 0 Å². The predicted octanol–water partition coefficient (Wildman–Crippen LogP) is 5.26. The van der Waals surface area contributed by atoms with E-state index in [1.165, 1.54) is 12.1 Å². The maximum absolute atomic E-state index is 13.5. The summed E-state index contributed by atoms with van der Waals surface area (Å²) in [5, 5.41) is 0. The number of anilines is 1. The lowest BCUT2D eigenvalue weighted by Gasteiger charge is -2.49. The molecule has 5 nitrogen and oxygen atoms in total. The molecule has 2 fully saturated rings. The summed E-state index contributed by atoms with van der Waals surface area (Å²) in [5.41, 5.74) is 2.71. The number of β-lactam (4-membered cyclic amide) rings is 1. The summed E-state index contributed by atoms with van der Waals surface area (Å²) in [7, 11) is 0. The van der Waals surface area contributed by atoms with Gasteiger partial charge < -0.3 is 19.1 Å². The fraction of sp³-hybridized carbons (Fsp3) is 0.296. The zero-order chi connectivity index (χ0) is 23.0. The predicted molar refractivity (Wildman–Crippen MR) is 122 cm³/mol. The van der Waals surface area contributed by atoms with Crippen LogP contribution >= 0.6 is 0 Å². The number of nitrogens with zero attached hydrogens (tertiary/aromatic N) is 1. The average Bonchev–Trinajstić information content (AvgIpc) is 3.17. The number of ether oxygens (including phenoxy) is 3. The molecule has 170 valence electrons. The Hall–Kier alpha value is -3.22. The Morgan fingerprint density at radius 1 is 1.00 bits per heavy atom. The third-order valence-electron chi connectivity index (χ3n) is 6.15. The van der Waals surface area contributed by atoms with Crippen molar-refractivity contribution >= 4 is 11.6 Å². The monoisotopic (exact) mass is 447 g/mol. The van der Waals surface area contributed by atoms with Crippen molar-refractivity contribution in [1.29, 1.82) is 0 Å². The summed E-state index contributed by atoms with van der Waals surface area (Å²) in [6.45, 7) is 4.54. The van der Waals surface area contributed by atoms with Crippen LogP contribution in [0.1, 0.15) is 31.0 Å². The van der Waals surface area contributed by atoms with Crippen LogP contribution in [0.15, 0.2) is 78.9 Å². The number of carbonyl (C=O) groups excluding carboxylic acids is 1. The fourth-order valence-corrected chi connectivity index (χ4v) is 4.51. The summed E-state index contributed by atoms with van der Waals surface area (Å²) in [5.74, 6) is -0.745. The molecule has 6 heteroatoms. The number of hydrogen-bond acceptors (Lipinski definition) is 4. The van der Waals surface area contributed by atoms with Gasteiger partial charge in [0.05, 0.1) is 24.7 Å². The van der Waals surface area contributed by atoms with E-state index in [9.17, 15) is 9.18 Å². The van der Waals surface area contributed by atoms with Gasteiger partial charge >= 0.3 is 0 Å². The van der Waals surface area contributed by atoms with Gasteiger partial charge in [0, 0.05) is 5.69 Å². The van der Waals surface area contributed by atoms with E-state index < -0.39 is 5.79 Å². The molecule has 3 atom stereocenters. The molecule has 1 amide bonds.